The van der Waals surface area contributed by atoms with Crippen molar-refractivity contribution in [3.8, 4) is 11.8 Å². The third-order valence-electron chi connectivity index (χ3n) is 3.45. The molecule has 102 valence electrons. The lowest BCUT2D eigenvalue weighted by molar-refractivity contribution is 0.575. The first-order chi connectivity index (χ1) is 9.38. The second-order valence-corrected chi connectivity index (χ2v) is 5.09. The number of hydrogen-bond acceptors (Lipinski definition) is 0. The first kappa shape index (κ1) is 14.3. The van der Waals surface area contributed by atoms with Crippen LogP contribution in [-0.2, 0) is 0 Å². The molecule has 2 aromatic carbocycles. The lowest BCUT2D eigenvalue weighted by Gasteiger charge is -2.05. The van der Waals surface area contributed by atoms with Crippen molar-refractivity contribution in [2.75, 3.05) is 0 Å². The molecule has 0 aliphatic carbocycles. The Labute approximate surface area is 118 Å². The molecule has 2 rings (SSSR count). The van der Waals surface area contributed by atoms with E-state index >= 15 is 0 Å². The average molecular weight is 270 g/mol. The van der Waals surface area contributed by atoms with Gasteiger partial charge in [0.25, 0.3) is 0 Å². The van der Waals surface area contributed by atoms with Gasteiger partial charge in [0.2, 0.25) is 0 Å². The van der Waals surface area contributed by atoms with Crippen LogP contribution >= 0.6 is 0 Å². The van der Waals surface area contributed by atoms with Crippen molar-refractivity contribution in [3.63, 3.8) is 0 Å². The van der Waals surface area contributed by atoms with Gasteiger partial charge in [0, 0.05) is 5.56 Å². The molecule has 0 fully saturated rings. The lowest BCUT2D eigenvalue weighted by Crippen LogP contribution is -1.92. The summed E-state index contributed by atoms with van der Waals surface area (Å²) in [4.78, 5) is 0. The van der Waals surface area contributed by atoms with Crippen LogP contribution in [0.2, 0.25) is 0 Å². The first-order valence-corrected chi connectivity index (χ1v) is 6.44. The van der Waals surface area contributed by atoms with Gasteiger partial charge in [0.05, 0.1) is 5.56 Å². The van der Waals surface area contributed by atoms with Gasteiger partial charge in [-0.05, 0) is 74.2 Å². The molecular weight excluding hydrogens is 254 g/mol. The lowest BCUT2D eigenvalue weighted by atomic mass is 10.0. The predicted molar refractivity (Wildman–Crippen MR) is 77.7 cm³/mol. The van der Waals surface area contributed by atoms with Crippen molar-refractivity contribution in [2.24, 2.45) is 0 Å². The van der Waals surface area contributed by atoms with Gasteiger partial charge in [-0.15, -0.1) is 0 Å². The maximum atomic E-state index is 13.7. The van der Waals surface area contributed by atoms with E-state index in [1.165, 1.54) is 17.7 Å². The fourth-order valence-corrected chi connectivity index (χ4v) is 2.06. The van der Waals surface area contributed by atoms with Crippen LogP contribution in [0, 0.1) is 51.2 Å². The van der Waals surface area contributed by atoms with Crippen LogP contribution in [0.1, 0.15) is 33.4 Å². The summed E-state index contributed by atoms with van der Waals surface area (Å²) < 4.78 is 27.4. The SMILES string of the molecule is Cc1cc(F)c(C#Cc2cc(C)c(C)c(C)c2)c(F)c1. The minimum atomic E-state index is -0.615. The van der Waals surface area contributed by atoms with Crippen LogP contribution in [0.3, 0.4) is 0 Å². The molecule has 0 radical (unpaired) electrons. The van der Waals surface area contributed by atoms with Crippen molar-refractivity contribution in [1.82, 2.24) is 0 Å². The van der Waals surface area contributed by atoms with Crippen LogP contribution in [0.4, 0.5) is 8.78 Å². The Bertz CT molecular complexity index is 685. The average Bonchev–Trinajstić information content (AvgIpc) is 2.34. The number of aryl methyl sites for hydroxylation is 3. The molecule has 20 heavy (non-hydrogen) atoms. The molecule has 0 amide bonds. The number of halogens is 2. The van der Waals surface area contributed by atoms with E-state index in [1.807, 2.05) is 32.9 Å². The maximum absolute atomic E-state index is 13.7. The quantitative estimate of drug-likeness (QED) is 0.614. The van der Waals surface area contributed by atoms with E-state index in [-0.39, 0.29) is 5.56 Å². The molecule has 0 aliphatic heterocycles. The fraction of sp³-hybridized carbons (Fsp3) is 0.222. The van der Waals surface area contributed by atoms with Crippen LogP contribution < -0.4 is 0 Å². The minimum Gasteiger partial charge on any atom is -0.206 e. The summed E-state index contributed by atoms with van der Waals surface area (Å²) in [5.41, 5.74) is 4.60. The second kappa shape index (κ2) is 5.46. The molecule has 0 unspecified atom stereocenters. The highest BCUT2D eigenvalue weighted by Gasteiger charge is 2.07. The predicted octanol–water partition coefficient (Wildman–Crippen LogP) is 4.60. The molecular formula is C18H16F2. The molecule has 0 saturated carbocycles. The van der Waals surface area contributed by atoms with Crippen molar-refractivity contribution in [3.05, 3.63) is 69.3 Å². The Morgan fingerprint density at radius 3 is 1.75 bits per heavy atom. The number of hydrogen-bond donors (Lipinski definition) is 0. The molecule has 0 aromatic heterocycles. The van der Waals surface area contributed by atoms with Gasteiger partial charge in [0.1, 0.15) is 11.6 Å². The molecule has 0 atom stereocenters. The molecule has 0 bridgehead atoms. The zero-order chi connectivity index (χ0) is 14.9. The van der Waals surface area contributed by atoms with Crippen molar-refractivity contribution < 1.29 is 8.78 Å². The van der Waals surface area contributed by atoms with E-state index in [4.69, 9.17) is 0 Å². The van der Waals surface area contributed by atoms with E-state index in [0.29, 0.717) is 5.56 Å². The van der Waals surface area contributed by atoms with Gasteiger partial charge in [-0.2, -0.15) is 0 Å². The molecule has 0 saturated heterocycles. The van der Waals surface area contributed by atoms with Crippen molar-refractivity contribution in [2.45, 2.75) is 27.7 Å². The van der Waals surface area contributed by atoms with Gasteiger partial charge in [-0.3, -0.25) is 0 Å². The third kappa shape index (κ3) is 2.88. The molecule has 0 N–H and O–H groups in total. The van der Waals surface area contributed by atoms with E-state index in [0.717, 1.165) is 16.7 Å². The Hall–Kier alpha value is -2.14. The van der Waals surface area contributed by atoms with Crippen LogP contribution in [0.25, 0.3) is 0 Å². The van der Waals surface area contributed by atoms with Gasteiger partial charge in [-0.1, -0.05) is 11.8 Å². The third-order valence-corrected chi connectivity index (χ3v) is 3.45. The molecule has 0 spiro atoms. The highest BCUT2D eigenvalue weighted by molar-refractivity contribution is 5.48. The zero-order valence-electron chi connectivity index (χ0n) is 12.1. The Kier molecular flexibility index (Phi) is 3.90. The minimum absolute atomic E-state index is 0.175. The van der Waals surface area contributed by atoms with Gasteiger partial charge < -0.3 is 0 Å². The molecule has 2 aromatic rings. The summed E-state index contributed by atoms with van der Waals surface area (Å²) in [7, 11) is 0. The van der Waals surface area contributed by atoms with E-state index in [2.05, 4.69) is 11.8 Å². The highest BCUT2D eigenvalue weighted by Crippen LogP contribution is 2.16. The smallest absolute Gasteiger partial charge is 0.142 e. The van der Waals surface area contributed by atoms with Gasteiger partial charge in [-0.25, -0.2) is 8.78 Å². The Morgan fingerprint density at radius 2 is 1.25 bits per heavy atom. The number of benzene rings is 2. The number of rotatable bonds is 0. The summed E-state index contributed by atoms with van der Waals surface area (Å²) in [5.74, 6) is 4.21. The van der Waals surface area contributed by atoms with E-state index < -0.39 is 11.6 Å². The summed E-state index contributed by atoms with van der Waals surface area (Å²) in [6, 6.07) is 6.44. The molecule has 2 heteroatoms. The van der Waals surface area contributed by atoms with E-state index in [9.17, 15) is 8.78 Å². The molecule has 0 heterocycles. The first-order valence-electron chi connectivity index (χ1n) is 6.44. The topological polar surface area (TPSA) is 0 Å². The Balaban J connectivity index is 2.47. The normalized spacial score (nSPS) is 10.1. The van der Waals surface area contributed by atoms with Crippen LogP contribution in [0.5, 0.6) is 0 Å². The zero-order valence-corrected chi connectivity index (χ0v) is 12.1. The summed E-state index contributed by atoms with van der Waals surface area (Å²) in [6.45, 7) is 7.69. The highest BCUT2D eigenvalue weighted by atomic mass is 19.1. The fourth-order valence-electron chi connectivity index (χ4n) is 2.06. The summed E-state index contributed by atoms with van der Waals surface area (Å²) in [6.07, 6.45) is 0. The Morgan fingerprint density at radius 1 is 0.750 bits per heavy atom. The van der Waals surface area contributed by atoms with Crippen LogP contribution in [-0.4, -0.2) is 0 Å². The van der Waals surface area contributed by atoms with Crippen molar-refractivity contribution in [1.29, 1.82) is 0 Å². The molecule has 0 nitrogen and oxygen atoms in total. The van der Waals surface area contributed by atoms with Crippen LogP contribution in [0.15, 0.2) is 24.3 Å². The molecule has 0 aliphatic rings. The van der Waals surface area contributed by atoms with E-state index in [1.54, 1.807) is 6.92 Å². The largest absolute Gasteiger partial charge is 0.206 e. The maximum Gasteiger partial charge on any atom is 0.142 e. The summed E-state index contributed by atoms with van der Waals surface area (Å²) in [5, 5.41) is 0. The monoisotopic (exact) mass is 270 g/mol. The standard InChI is InChI=1S/C18H16F2/c1-11-7-17(19)16(18(20)8-11)6-5-15-9-12(2)14(4)13(3)10-15/h7-10H,1-4H3. The second-order valence-electron chi connectivity index (χ2n) is 5.09. The van der Waals surface area contributed by atoms with Crippen molar-refractivity contribution >= 4 is 0 Å². The summed E-state index contributed by atoms with van der Waals surface area (Å²) >= 11 is 0. The van der Waals surface area contributed by atoms with Gasteiger partial charge in [0.15, 0.2) is 0 Å². The van der Waals surface area contributed by atoms with Gasteiger partial charge >= 0.3 is 0 Å².